The number of hydrogen-bond acceptors (Lipinski definition) is 4. The van der Waals surface area contributed by atoms with Crippen molar-refractivity contribution in [1.29, 1.82) is 0 Å². The summed E-state index contributed by atoms with van der Waals surface area (Å²) >= 11 is 0. The second kappa shape index (κ2) is 6.75. The molecule has 1 atom stereocenters. The Morgan fingerprint density at radius 3 is 2.70 bits per heavy atom. The van der Waals surface area contributed by atoms with Gasteiger partial charge in [0.15, 0.2) is 11.5 Å². The maximum Gasteiger partial charge on any atom is 0.226 e. The number of amides is 1. The predicted octanol–water partition coefficient (Wildman–Crippen LogP) is 3.50. The lowest BCUT2D eigenvalue weighted by Crippen LogP contribution is -2.25. The van der Waals surface area contributed by atoms with Crippen molar-refractivity contribution < 1.29 is 18.7 Å². The number of carbonyl (C=O) groups is 1. The maximum atomic E-state index is 13.6. The summed E-state index contributed by atoms with van der Waals surface area (Å²) in [5.74, 6) is 0.956. The third kappa shape index (κ3) is 2.91. The molecule has 0 radical (unpaired) electrons. The monoisotopic (exact) mass is 367 g/mol. The molecule has 2 heterocycles. The Morgan fingerprint density at radius 2 is 1.96 bits per heavy atom. The van der Waals surface area contributed by atoms with Crippen molar-refractivity contribution in [2.45, 2.75) is 12.3 Å². The van der Waals surface area contributed by atoms with E-state index in [2.05, 4.69) is 10.4 Å². The molecule has 138 valence electrons. The number of ether oxygens (including phenoxy) is 2. The third-order valence-corrected chi connectivity index (χ3v) is 4.68. The Kier molecular flexibility index (Phi) is 4.27. The number of nitrogens with zero attached hydrogens (tertiary/aromatic N) is 2. The van der Waals surface area contributed by atoms with E-state index in [-0.39, 0.29) is 24.1 Å². The quantitative estimate of drug-likeness (QED) is 0.766. The SMILES string of the molecule is COc1cccc(C2CC(=O)Nc3c2cnn3-c2cccc(F)c2)c1OC. The number of nitrogens with one attached hydrogen (secondary N) is 1. The lowest BCUT2D eigenvalue weighted by Gasteiger charge is -2.25. The number of para-hydroxylation sites is 1. The molecule has 3 aromatic rings. The normalized spacial score (nSPS) is 15.8. The highest BCUT2D eigenvalue weighted by molar-refractivity contribution is 5.94. The summed E-state index contributed by atoms with van der Waals surface area (Å²) in [6, 6.07) is 11.7. The minimum absolute atomic E-state index is 0.143. The number of halogens is 1. The first kappa shape index (κ1) is 17.1. The van der Waals surface area contributed by atoms with E-state index in [1.807, 2.05) is 18.2 Å². The number of rotatable bonds is 4. The summed E-state index contributed by atoms with van der Waals surface area (Å²) in [6.07, 6.45) is 1.95. The van der Waals surface area contributed by atoms with Gasteiger partial charge < -0.3 is 14.8 Å². The van der Waals surface area contributed by atoms with Crippen LogP contribution < -0.4 is 14.8 Å². The van der Waals surface area contributed by atoms with E-state index in [0.29, 0.717) is 23.0 Å². The molecule has 1 unspecified atom stereocenters. The van der Waals surface area contributed by atoms with Gasteiger partial charge >= 0.3 is 0 Å². The van der Waals surface area contributed by atoms with E-state index in [1.54, 1.807) is 32.5 Å². The largest absolute Gasteiger partial charge is 0.493 e. The molecule has 0 aliphatic carbocycles. The number of hydrogen-bond donors (Lipinski definition) is 1. The highest BCUT2D eigenvalue weighted by Gasteiger charge is 2.32. The molecule has 1 N–H and O–H groups in total. The Hall–Kier alpha value is -3.35. The summed E-state index contributed by atoms with van der Waals surface area (Å²) in [4.78, 5) is 12.4. The van der Waals surface area contributed by atoms with Crippen LogP contribution in [0, 0.1) is 5.82 Å². The summed E-state index contributed by atoms with van der Waals surface area (Å²) in [5, 5.41) is 7.24. The number of fused-ring (bicyclic) bond motifs is 1. The molecule has 0 saturated carbocycles. The number of aromatic nitrogens is 2. The standard InChI is InChI=1S/C20H18FN3O3/c1-26-17-8-4-7-14(19(17)27-2)15-10-18(25)23-20-16(15)11-22-24(20)13-6-3-5-12(21)9-13/h3-9,11,15H,10H2,1-2H3,(H,23,25). The van der Waals surface area contributed by atoms with Gasteiger partial charge in [0.2, 0.25) is 5.91 Å². The third-order valence-electron chi connectivity index (χ3n) is 4.68. The Morgan fingerprint density at radius 1 is 1.15 bits per heavy atom. The van der Waals surface area contributed by atoms with Gasteiger partial charge in [-0.1, -0.05) is 18.2 Å². The van der Waals surface area contributed by atoms with Crippen molar-refractivity contribution in [2.75, 3.05) is 19.5 Å². The molecule has 0 fully saturated rings. The zero-order valence-corrected chi connectivity index (χ0v) is 14.9. The predicted molar refractivity (Wildman–Crippen MR) is 98.2 cm³/mol. The number of anilines is 1. The minimum Gasteiger partial charge on any atom is -0.493 e. The summed E-state index contributed by atoms with van der Waals surface area (Å²) in [7, 11) is 3.14. The van der Waals surface area contributed by atoms with Crippen LogP contribution in [0.15, 0.2) is 48.7 Å². The summed E-state index contributed by atoms with van der Waals surface area (Å²) in [5.41, 5.74) is 2.21. The van der Waals surface area contributed by atoms with Crippen molar-refractivity contribution in [3.05, 3.63) is 65.6 Å². The van der Waals surface area contributed by atoms with Gasteiger partial charge in [0.05, 0.1) is 26.1 Å². The zero-order valence-electron chi connectivity index (χ0n) is 14.9. The average Bonchev–Trinajstić information content (AvgIpc) is 3.10. The van der Waals surface area contributed by atoms with E-state index < -0.39 is 0 Å². The van der Waals surface area contributed by atoms with Crippen LogP contribution in [0.4, 0.5) is 10.2 Å². The maximum absolute atomic E-state index is 13.6. The Bertz CT molecular complexity index is 1020. The van der Waals surface area contributed by atoms with Crippen LogP contribution in [0.25, 0.3) is 5.69 Å². The van der Waals surface area contributed by atoms with E-state index in [0.717, 1.165) is 11.1 Å². The van der Waals surface area contributed by atoms with Gasteiger partial charge in [-0.15, -0.1) is 0 Å². The average molecular weight is 367 g/mol. The molecule has 7 heteroatoms. The number of benzene rings is 2. The second-order valence-corrected chi connectivity index (χ2v) is 6.23. The van der Waals surface area contributed by atoms with Gasteiger partial charge in [0.25, 0.3) is 0 Å². The number of methoxy groups -OCH3 is 2. The first-order chi connectivity index (χ1) is 13.1. The molecule has 1 aliphatic heterocycles. The smallest absolute Gasteiger partial charge is 0.226 e. The molecule has 1 aliphatic rings. The first-order valence-corrected chi connectivity index (χ1v) is 8.47. The van der Waals surface area contributed by atoms with Crippen LogP contribution in [0.2, 0.25) is 0 Å². The van der Waals surface area contributed by atoms with E-state index >= 15 is 0 Å². The summed E-state index contributed by atoms with van der Waals surface area (Å²) in [6.45, 7) is 0. The highest BCUT2D eigenvalue weighted by Crippen LogP contribution is 2.44. The van der Waals surface area contributed by atoms with Crippen LogP contribution in [0.5, 0.6) is 11.5 Å². The molecular weight excluding hydrogens is 349 g/mol. The molecular formula is C20H18FN3O3. The molecule has 27 heavy (non-hydrogen) atoms. The van der Waals surface area contributed by atoms with Gasteiger partial charge in [0, 0.05) is 23.5 Å². The van der Waals surface area contributed by atoms with Gasteiger partial charge in [-0.25, -0.2) is 9.07 Å². The molecule has 6 nitrogen and oxygen atoms in total. The molecule has 2 aromatic carbocycles. The highest BCUT2D eigenvalue weighted by atomic mass is 19.1. The van der Waals surface area contributed by atoms with Crippen molar-refractivity contribution in [2.24, 2.45) is 0 Å². The van der Waals surface area contributed by atoms with E-state index in [9.17, 15) is 9.18 Å². The Labute approximate surface area is 155 Å². The van der Waals surface area contributed by atoms with Crippen LogP contribution in [0.1, 0.15) is 23.5 Å². The molecule has 0 spiro atoms. The lowest BCUT2D eigenvalue weighted by atomic mass is 9.86. The minimum atomic E-state index is -0.370. The topological polar surface area (TPSA) is 65.4 Å². The van der Waals surface area contributed by atoms with Gasteiger partial charge in [-0.3, -0.25) is 4.79 Å². The van der Waals surface area contributed by atoms with Crippen molar-refractivity contribution in [3.63, 3.8) is 0 Å². The van der Waals surface area contributed by atoms with Crippen molar-refractivity contribution >= 4 is 11.7 Å². The van der Waals surface area contributed by atoms with E-state index in [4.69, 9.17) is 9.47 Å². The Balaban J connectivity index is 1.85. The molecule has 0 saturated heterocycles. The van der Waals surface area contributed by atoms with Crippen molar-refractivity contribution in [1.82, 2.24) is 9.78 Å². The van der Waals surface area contributed by atoms with Gasteiger partial charge in [-0.05, 0) is 24.3 Å². The zero-order chi connectivity index (χ0) is 19.0. The van der Waals surface area contributed by atoms with Gasteiger partial charge in [0.1, 0.15) is 11.6 Å². The van der Waals surface area contributed by atoms with Crippen LogP contribution in [-0.4, -0.2) is 29.9 Å². The molecule has 0 bridgehead atoms. The van der Waals surface area contributed by atoms with Crippen LogP contribution >= 0.6 is 0 Å². The number of carbonyl (C=O) groups excluding carboxylic acids is 1. The van der Waals surface area contributed by atoms with E-state index in [1.165, 1.54) is 16.8 Å². The second-order valence-electron chi connectivity index (χ2n) is 6.23. The van der Waals surface area contributed by atoms with Crippen molar-refractivity contribution in [3.8, 4) is 17.2 Å². The van der Waals surface area contributed by atoms with Gasteiger partial charge in [-0.2, -0.15) is 5.10 Å². The lowest BCUT2D eigenvalue weighted by molar-refractivity contribution is -0.116. The molecule has 4 rings (SSSR count). The first-order valence-electron chi connectivity index (χ1n) is 8.47. The fraction of sp³-hybridized carbons (Fsp3) is 0.200. The molecule has 1 amide bonds. The fourth-order valence-electron chi connectivity index (χ4n) is 3.49. The molecule has 1 aromatic heterocycles. The van der Waals surface area contributed by atoms with Crippen LogP contribution in [-0.2, 0) is 4.79 Å². The van der Waals surface area contributed by atoms with Crippen LogP contribution in [0.3, 0.4) is 0 Å². The summed E-state index contributed by atoms with van der Waals surface area (Å²) < 4.78 is 26.1. The fourth-order valence-corrected chi connectivity index (χ4v) is 3.49.